The van der Waals surface area contributed by atoms with Gasteiger partial charge in [0.25, 0.3) is 0 Å². The summed E-state index contributed by atoms with van der Waals surface area (Å²) >= 11 is 6.10. The number of hydrogen-bond acceptors (Lipinski definition) is 4. The van der Waals surface area contributed by atoms with Crippen LogP contribution >= 0.6 is 11.6 Å². The number of rotatable bonds is 2. The summed E-state index contributed by atoms with van der Waals surface area (Å²) in [6, 6.07) is 18.4. The van der Waals surface area contributed by atoms with Crippen molar-refractivity contribution in [3.63, 3.8) is 0 Å². The zero-order chi connectivity index (χ0) is 21.7. The number of nitrogens with zero attached hydrogens (tertiary/aromatic N) is 3. The number of ketones is 1. The van der Waals surface area contributed by atoms with Crippen molar-refractivity contribution in [3.05, 3.63) is 70.8 Å². The third-order valence-corrected chi connectivity index (χ3v) is 6.40. The molecular formula is C25H22ClN3O. The van der Waals surface area contributed by atoms with Crippen molar-refractivity contribution in [1.82, 2.24) is 0 Å². The maximum Gasteiger partial charge on any atom is 0.176 e. The highest BCUT2D eigenvalue weighted by atomic mass is 35.5. The molecule has 3 atom stereocenters. The summed E-state index contributed by atoms with van der Waals surface area (Å²) in [5.41, 5.74) is 0.562. The predicted molar refractivity (Wildman–Crippen MR) is 118 cm³/mol. The van der Waals surface area contributed by atoms with Crippen LogP contribution in [0.15, 0.2) is 54.6 Å². The Bertz CT molecular complexity index is 1100. The Morgan fingerprint density at radius 2 is 1.70 bits per heavy atom. The van der Waals surface area contributed by atoms with Gasteiger partial charge in [-0.05, 0) is 29.3 Å². The molecule has 0 radical (unpaired) electrons. The fourth-order valence-electron chi connectivity index (χ4n) is 4.72. The second-order valence-corrected chi connectivity index (χ2v) is 9.39. The smallest absolute Gasteiger partial charge is 0.176 e. The van der Waals surface area contributed by atoms with Crippen molar-refractivity contribution >= 4 is 29.1 Å². The molecule has 0 aliphatic carbocycles. The summed E-state index contributed by atoms with van der Waals surface area (Å²) in [4.78, 5) is 15.8. The van der Waals surface area contributed by atoms with Gasteiger partial charge in [-0.3, -0.25) is 4.79 Å². The summed E-state index contributed by atoms with van der Waals surface area (Å²) in [5.74, 6) is -0.609. The van der Waals surface area contributed by atoms with Crippen LogP contribution in [0.1, 0.15) is 37.8 Å². The average Bonchev–Trinajstić information content (AvgIpc) is 3.04. The van der Waals surface area contributed by atoms with E-state index in [1.54, 1.807) is 12.1 Å². The summed E-state index contributed by atoms with van der Waals surface area (Å²) in [5, 5.41) is 21.2. The summed E-state index contributed by atoms with van der Waals surface area (Å²) < 4.78 is 0. The number of hydrogen-bond donors (Lipinski definition) is 0. The average molecular weight is 416 g/mol. The first-order valence-electron chi connectivity index (χ1n) is 9.92. The molecule has 150 valence electrons. The van der Waals surface area contributed by atoms with Gasteiger partial charge in [0.1, 0.15) is 0 Å². The van der Waals surface area contributed by atoms with Crippen LogP contribution in [0.4, 0.5) is 5.69 Å². The molecular weight excluding hydrogens is 394 g/mol. The molecule has 4 nitrogen and oxygen atoms in total. The van der Waals surface area contributed by atoms with Crippen LogP contribution in [0.5, 0.6) is 0 Å². The molecule has 0 spiro atoms. The van der Waals surface area contributed by atoms with Crippen LogP contribution in [0.25, 0.3) is 6.08 Å². The first-order valence-corrected chi connectivity index (χ1v) is 10.3. The van der Waals surface area contributed by atoms with E-state index in [9.17, 15) is 15.3 Å². The fourth-order valence-corrected chi connectivity index (χ4v) is 4.85. The lowest BCUT2D eigenvalue weighted by Crippen LogP contribution is -2.47. The molecule has 1 saturated heterocycles. The molecule has 1 fully saturated rings. The molecule has 0 saturated carbocycles. The van der Waals surface area contributed by atoms with Gasteiger partial charge in [0.15, 0.2) is 11.2 Å². The number of para-hydroxylation sites is 1. The van der Waals surface area contributed by atoms with Gasteiger partial charge in [0.05, 0.1) is 24.2 Å². The highest BCUT2D eigenvalue weighted by Gasteiger charge is 2.64. The highest BCUT2D eigenvalue weighted by molar-refractivity contribution is 6.30. The van der Waals surface area contributed by atoms with Crippen molar-refractivity contribution < 1.29 is 4.79 Å². The molecule has 0 bridgehead atoms. The maximum absolute atomic E-state index is 13.8. The van der Waals surface area contributed by atoms with Crippen molar-refractivity contribution in [3.8, 4) is 12.1 Å². The Kier molecular flexibility index (Phi) is 4.72. The third kappa shape index (κ3) is 2.83. The number of nitriles is 2. The first kappa shape index (κ1) is 20.2. The Morgan fingerprint density at radius 1 is 1.07 bits per heavy atom. The minimum Gasteiger partial charge on any atom is -0.351 e. The first-order chi connectivity index (χ1) is 14.2. The van der Waals surface area contributed by atoms with E-state index >= 15 is 0 Å². The second kappa shape index (κ2) is 7.01. The van der Waals surface area contributed by atoms with E-state index in [1.165, 1.54) is 0 Å². The van der Waals surface area contributed by atoms with Gasteiger partial charge in [-0.2, -0.15) is 10.5 Å². The standard InChI is InChI=1S/C25H22ClN3O/c1-24(2,3)23(30)22-21(17-8-11-18(26)12-9-17)25(14-27,15-28)20-13-10-16-6-4-5-7-19(16)29(20)22/h4-13,20-22H,1-3H3. The van der Waals surface area contributed by atoms with E-state index in [0.29, 0.717) is 5.02 Å². The molecule has 5 heteroatoms. The molecule has 0 N–H and O–H groups in total. The number of benzene rings is 2. The molecule has 3 unspecified atom stereocenters. The Morgan fingerprint density at radius 3 is 2.30 bits per heavy atom. The van der Waals surface area contributed by atoms with Gasteiger partial charge in [-0.15, -0.1) is 0 Å². The lowest BCUT2D eigenvalue weighted by Gasteiger charge is -2.37. The quantitative estimate of drug-likeness (QED) is 0.662. The molecule has 2 aliphatic heterocycles. The Hall–Kier alpha value is -3.08. The number of carbonyl (C=O) groups excluding carboxylic acids is 1. The molecule has 0 aromatic heterocycles. The molecule has 30 heavy (non-hydrogen) atoms. The van der Waals surface area contributed by atoms with E-state index in [-0.39, 0.29) is 5.78 Å². The molecule has 0 amide bonds. The lowest BCUT2D eigenvalue weighted by molar-refractivity contribution is -0.127. The monoisotopic (exact) mass is 415 g/mol. The Balaban J connectivity index is 2.02. The fraction of sp³-hybridized carbons (Fsp3) is 0.320. The minimum atomic E-state index is -1.41. The van der Waals surface area contributed by atoms with Gasteiger partial charge in [-0.1, -0.05) is 74.9 Å². The second-order valence-electron chi connectivity index (χ2n) is 8.95. The van der Waals surface area contributed by atoms with Crippen LogP contribution in [0.3, 0.4) is 0 Å². The van der Waals surface area contributed by atoms with E-state index in [1.807, 2.05) is 74.2 Å². The van der Waals surface area contributed by atoms with E-state index in [2.05, 4.69) is 12.1 Å². The molecule has 2 aromatic carbocycles. The van der Waals surface area contributed by atoms with Gasteiger partial charge >= 0.3 is 0 Å². The number of halogens is 1. The summed E-state index contributed by atoms with van der Waals surface area (Å²) in [6.45, 7) is 5.65. The Labute approximate surface area is 182 Å². The van der Waals surface area contributed by atoms with E-state index < -0.39 is 28.8 Å². The largest absolute Gasteiger partial charge is 0.351 e. The minimum absolute atomic E-state index is 0.00456. The topological polar surface area (TPSA) is 67.9 Å². The molecule has 2 heterocycles. The van der Waals surface area contributed by atoms with E-state index in [0.717, 1.165) is 16.8 Å². The highest BCUT2D eigenvalue weighted by Crippen LogP contribution is 2.56. The summed E-state index contributed by atoms with van der Waals surface area (Å²) in [7, 11) is 0. The SMILES string of the molecule is CC(C)(C)C(=O)C1C(c2ccc(Cl)cc2)C(C#N)(C#N)C2C=Cc3ccccc3N12. The predicted octanol–water partition coefficient (Wildman–Crippen LogP) is 5.36. The number of carbonyl (C=O) groups is 1. The maximum atomic E-state index is 13.8. The number of fused-ring (bicyclic) bond motifs is 3. The van der Waals surface area contributed by atoms with Crippen LogP contribution < -0.4 is 4.90 Å². The van der Waals surface area contributed by atoms with Crippen LogP contribution in [0, 0.1) is 33.5 Å². The van der Waals surface area contributed by atoms with Gasteiger partial charge in [-0.25, -0.2) is 0 Å². The van der Waals surface area contributed by atoms with Gasteiger partial charge in [0, 0.05) is 22.0 Å². The normalized spacial score (nSPS) is 23.8. The summed E-state index contributed by atoms with van der Waals surface area (Å²) in [6.07, 6.45) is 3.84. The van der Waals surface area contributed by atoms with Gasteiger partial charge in [0.2, 0.25) is 0 Å². The molecule has 2 aromatic rings. The van der Waals surface area contributed by atoms with Crippen molar-refractivity contribution in [2.75, 3.05) is 4.90 Å². The molecule has 4 rings (SSSR count). The van der Waals surface area contributed by atoms with E-state index in [4.69, 9.17) is 11.6 Å². The number of Topliss-reactive ketones (excluding diaryl/α,β-unsaturated/α-hetero) is 1. The van der Waals surface area contributed by atoms with Crippen LogP contribution in [-0.2, 0) is 4.79 Å². The van der Waals surface area contributed by atoms with Gasteiger partial charge < -0.3 is 4.90 Å². The van der Waals surface area contributed by atoms with Crippen molar-refractivity contribution in [2.45, 2.75) is 38.8 Å². The molecule has 2 aliphatic rings. The van der Waals surface area contributed by atoms with Crippen LogP contribution in [0.2, 0.25) is 5.02 Å². The lowest BCUT2D eigenvalue weighted by atomic mass is 9.68. The van der Waals surface area contributed by atoms with Crippen molar-refractivity contribution in [2.24, 2.45) is 10.8 Å². The van der Waals surface area contributed by atoms with Crippen molar-refractivity contribution in [1.29, 1.82) is 10.5 Å². The third-order valence-electron chi connectivity index (χ3n) is 6.15. The zero-order valence-corrected chi connectivity index (χ0v) is 17.9. The zero-order valence-electron chi connectivity index (χ0n) is 17.1. The number of anilines is 1. The van der Waals surface area contributed by atoms with Crippen LogP contribution in [-0.4, -0.2) is 17.9 Å².